The summed E-state index contributed by atoms with van der Waals surface area (Å²) < 4.78 is 26.4. The maximum Gasteiger partial charge on any atom is 0.214 e. The van der Waals surface area contributed by atoms with Crippen LogP contribution in [0.2, 0.25) is 0 Å². The van der Waals surface area contributed by atoms with Crippen molar-refractivity contribution in [2.24, 2.45) is 11.8 Å². The van der Waals surface area contributed by atoms with Crippen molar-refractivity contribution in [1.29, 1.82) is 0 Å². The Balaban J connectivity index is 1.93. The average Bonchev–Trinajstić information content (AvgIpc) is 2.33. The summed E-state index contributed by atoms with van der Waals surface area (Å²) in [5.41, 5.74) is 0. The van der Waals surface area contributed by atoms with E-state index in [9.17, 15) is 8.42 Å². The fourth-order valence-corrected chi connectivity index (χ4v) is 5.29. The molecule has 18 heavy (non-hydrogen) atoms. The number of piperidine rings is 1. The predicted octanol–water partition coefficient (Wildman–Crippen LogP) is 2.85. The maximum absolute atomic E-state index is 12.4. The van der Waals surface area contributed by atoms with Gasteiger partial charge in [0.2, 0.25) is 10.0 Å². The second-order valence-corrected chi connectivity index (χ2v) is 8.50. The quantitative estimate of drug-likeness (QED) is 0.750. The highest BCUT2D eigenvalue weighted by molar-refractivity contribution is 7.89. The molecule has 2 atom stereocenters. The molecule has 0 amide bonds. The highest BCUT2D eigenvalue weighted by atomic mass is 35.5. The Hall–Kier alpha value is 0.200. The number of nitrogens with zero attached hydrogens (tertiary/aromatic N) is 1. The van der Waals surface area contributed by atoms with Gasteiger partial charge in [0.1, 0.15) is 0 Å². The lowest BCUT2D eigenvalue weighted by Gasteiger charge is -2.34. The summed E-state index contributed by atoms with van der Waals surface area (Å²) in [6.45, 7) is 3.25. The minimum absolute atomic E-state index is 0.0279. The lowest BCUT2D eigenvalue weighted by atomic mass is 9.91. The Morgan fingerprint density at radius 2 is 1.83 bits per heavy atom. The van der Waals surface area contributed by atoms with Crippen molar-refractivity contribution in [3.63, 3.8) is 0 Å². The molecule has 1 aliphatic heterocycles. The van der Waals surface area contributed by atoms with Gasteiger partial charge in [-0.1, -0.05) is 26.2 Å². The first-order valence-electron chi connectivity index (χ1n) is 7.11. The Bertz CT molecular complexity index is 365. The molecule has 3 nitrogen and oxygen atoms in total. The van der Waals surface area contributed by atoms with Gasteiger partial charge in [0.05, 0.1) is 5.75 Å². The van der Waals surface area contributed by atoms with Crippen LogP contribution in [-0.4, -0.2) is 36.9 Å². The zero-order valence-electron chi connectivity index (χ0n) is 11.1. The van der Waals surface area contributed by atoms with Crippen LogP contribution in [0.15, 0.2) is 0 Å². The summed E-state index contributed by atoms with van der Waals surface area (Å²) in [5.74, 6) is 1.13. The molecule has 1 saturated carbocycles. The maximum atomic E-state index is 12.4. The average molecular weight is 294 g/mol. The number of halogens is 1. The third kappa shape index (κ3) is 3.61. The van der Waals surface area contributed by atoms with E-state index >= 15 is 0 Å². The van der Waals surface area contributed by atoms with E-state index in [1.807, 2.05) is 0 Å². The van der Waals surface area contributed by atoms with Gasteiger partial charge in [0, 0.05) is 18.5 Å². The number of alkyl halides is 1. The molecule has 2 unspecified atom stereocenters. The molecule has 1 heterocycles. The minimum atomic E-state index is -3.09. The Kier molecular flexibility index (Phi) is 4.95. The van der Waals surface area contributed by atoms with E-state index < -0.39 is 10.0 Å². The van der Waals surface area contributed by atoms with Crippen LogP contribution in [0.3, 0.4) is 0 Å². The fourth-order valence-electron chi connectivity index (χ4n) is 3.00. The summed E-state index contributed by atoms with van der Waals surface area (Å²) in [7, 11) is -3.09. The van der Waals surface area contributed by atoms with Gasteiger partial charge in [-0.3, -0.25) is 0 Å². The lowest BCUT2D eigenvalue weighted by Crippen LogP contribution is -2.45. The summed E-state index contributed by atoms with van der Waals surface area (Å²) >= 11 is 6.20. The van der Waals surface area contributed by atoms with Gasteiger partial charge in [-0.2, -0.15) is 0 Å². The molecule has 5 heteroatoms. The third-order valence-electron chi connectivity index (χ3n) is 4.39. The molecule has 0 aromatic rings. The van der Waals surface area contributed by atoms with Crippen LogP contribution >= 0.6 is 11.6 Å². The third-order valence-corrected chi connectivity index (χ3v) is 6.97. The predicted molar refractivity (Wildman–Crippen MR) is 75.4 cm³/mol. The Morgan fingerprint density at radius 3 is 2.44 bits per heavy atom. The second kappa shape index (κ2) is 6.10. The topological polar surface area (TPSA) is 37.4 Å². The summed E-state index contributed by atoms with van der Waals surface area (Å²) in [4.78, 5) is 0. The van der Waals surface area contributed by atoms with Crippen molar-refractivity contribution >= 4 is 21.6 Å². The van der Waals surface area contributed by atoms with Gasteiger partial charge < -0.3 is 0 Å². The number of rotatable bonds is 3. The summed E-state index contributed by atoms with van der Waals surface area (Å²) in [6, 6.07) is 0. The van der Waals surface area contributed by atoms with Crippen LogP contribution in [-0.2, 0) is 10.0 Å². The monoisotopic (exact) mass is 293 g/mol. The molecule has 0 aromatic heterocycles. The van der Waals surface area contributed by atoms with E-state index in [0.717, 1.165) is 19.3 Å². The van der Waals surface area contributed by atoms with Crippen LogP contribution < -0.4 is 0 Å². The van der Waals surface area contributed by atoms with Crippen LogP contribution in [0.1, 0.15) is 45.4 Å². The highest BCUT2D eigenvalue weighted by Gasteiger charge is 2.33. The van der Waals surface area contributed by atoms with Crippen LogP contribution in [0, 0.1) is 11.8 Å². The smallest absolute Gasteiger partial charge is 0.212 e. The molecule has 2 fully saturated rings. The molecule has 2 aliphatic rings. The number of sulfonamides is 1. The molecule has 0 N–H and O–H groups in total. The number of hydrogen-bond donors (Lipinski definition) is 0. The second-order valence-electron chi connectivity index (χ2n) is 5.92. The van der Waals surface area contributed by atoms with E-state index in [1.54, 1.807) is 4.31 Å². The molecular formula is C13H24ClNO2S. The van der Waals surface area contributed by atoms with E-state index in [2.05, 4.69) is 6.92 Å². The van der Waals surface area contributed by atoms with Gasteiger partial charge in [0.15, 0.2) is 0 Å². The molecule has 0 bridgehead atoms. The van der Waals surface area contributed by atoms with E-state index in [1.165, 1.54) is 19.3 Å². The number of hydrogen-bond acceptors (Lipinski definition) is 2. The first-order valence-corrected chi connectivity index (χ1v) is 9.15. The zero-order valence-corrected chi connectivity index (χ0v) is 12.7. The zero-order chi connectivity index (χ0) is 13.2. The van der Waals surface area contributed by atoms with Crippen molar-refractivity contribution in [3.05, 3.63) is 0 Å². The Morgan fingerprint density at radius 1 is 1.17 bits per heavy atom. The van der Waals surface area contributed by atoms with Gasteiger partial charge >= 0.3 is 0 Å². The van der Waals surface area contributed by atoms with Crippen molar-refractivity contribution in [1.82, 2.24) is 4.31 Å². The standard InChI is InChI=1S/C13H24ClNO2S/c1-11-7-8-15(9-13(11)14)18(16,17)10-12-5-3-2-4-6-12/h11-13H,2-10H2,1H3. The van der Waals surface area contributed by atoms with Crippen LogP contribution in [0.25, 0.3) is 0 Å². The van der Waals surface area contributed by atoms with E-state index in [-0.39, 0.29) is 5.38 Å². The summed E-state index contributed by atoms with van der Waals surface area (Å²) in [5, 5.41) is -0.0279. The lowest BCUT2D eigenvalue weighted by molar-refractivity contribution is 0.288. The molecule has 106 valence electrons. The Labute approximate surface area is 116 Å². The first-order chi connectivity index (χ1) is 8.49. The van der Waals surface area contributed by atoms with Crippen LogP contribution in [0.4, 0.5) is 0 Å². The first kappa shape index (κ1) is 14.6. The van der Waals surface area contributed by atoms with E-state index in [0.29, 0.717) is 30.7 Å². The van der Waals surface area contributed by atoms with Gasteiger partial charge in [0.25, 0.3) is 0 Å². The van der Waals surface area contributed by atoms with Gasteiger partial charge in [-0.25, -0.2) is 12.7 Å². The van der Waals surface area contributed by atoms with E-state index in [4.69, 9.17) is 11.6 Å². The molecule has 0 spiro atoms. The fraction of sp³-hybridized carbons (Fsp3) is 1.00. The van der Waals surface area contributed by atoms with Gasteiger partial charge in [-0.05, 0) is 31.1 Å². The molecular weight excluding hydrogens is 270 g/mol. The molecule has 0 radical (unpaired) electrons. The van der Waals surface area contributed by atoms with Crippen molar-refractivity contribution < 1.29 is 8.42 Å². The van der Waals surface area contributed by atoms with Gasteiger partial charge in [-0.15, -0.1) is 11.6 Å². The van der Waals surface area contributed by atoms with Crippen LogP contribution in [0.5, 0.6) is 0 Å². The molecule has 1 saturated heterocycles. The SMILES string of the molecule is CC1CCN(S(=O)(=O)CC2CCCCC2)CC1Cl. The van der Waals surface area contributed by atoms with Crippen molar-refractivity contribution in [2.75, 3.05) is 18.8 Å². The minimum Gasteiger partial charge on any atom is -0.212 e. The van der Waals surface area contributed by atoms with Crippen molar-refractivity contribution in [2.45, 2.75) is 50.8 Å². The molecule has 1 aliphatic carbocycles. The normalized spacial score (nSPS) is 32.6. The summed E-state index contributed by atoms with van der Waals surface area (Å²) in [6.07, 6.45) is 6.69. The molecule has 0 aromatic carbocycles. The van der Waals surface area contributed by atoms with Crippen molar-refractivity contribution in [3.8, 4) is 0 Å². The highest BCUT2D eigenvalue weighted by Crippen LogP contribution is 2.28. The largest absolute Gasteiger partial charge is 0.214 e. The molecule has 2 rings (SSSR count).